The summed E-state index contributed by atoms with van der Waals surface area (Å²) in [6, 6.07) is 3.73. The molecule has 110 valence electrons. The van der Waals surface area contributed by atoms with Crippen molar-refractivity contribution in [3.8, 4) is 0 Å². The van der Waals surface area contributed by atoms with Crippen molar-refractivity contribution in [1.82, 2.24) is 0 Å². The van der Waals surface area contributed by atoms with Crippen LogP contribution in [0.4, 0.5) is 0 Å². The first-order valence-corrected chi connectivity index (χ1v) is 9.02. The smallest absolute Gasteiger partial charge is 0.339 e. The molecule has 0 aliphatic heterocycles. The SMILES string of the molecule is O=C(OC1CCCCC1)c1cc(S(=O)(=O)Cl)ccc1Cl. The molecule has 0 aromatic heterocycles. The highest BCUT2D eigenvalue weighted by Gasteiger charge is 2.22. The highest BCUT2D eigenvalue weighted by Crippen LogP contribution is 2.26. The number of hydrogen-bond acceptors (Lipinski definition) is 4. The minimum atomic E-state index is -3.90. The van der Waals surface area contributed by atoms with Crippen molar-refractivity contribution < 1.29 is 17.9 Å². The summed E-state index contributed by atoms with van der Waals surface area (Å²) in [5.74, 6) is -0.607. The molecule has 0 heterocycles. The van der Waals surface area contributed by atoms with Gasteiger partial charge in [-0.15, -0.1) is 0 Å². The fourth-order valence-electron chi connectivity index (χ4n) is 2.21. The van der Waals surface area contributed by atoms with Crippen LogP contribution >= 0.6 is 22.3 Å². The lowest BCUT2D eigenvalue weighted by atomic mass is 9.98. The van der Waals surface area contributed by atoms with E-state index in [1.54, 1.807) is 0 Å². The Morgan fingerprint density at radius 2 is 1.85 bits per heavy atom. The first-order chi connectivity index (χ1) is 9.38. The number of esters is 1. The highest BCUT2D eigenvalue weighted by atomic mass is 35.7. The van der Waals surface area contributed by atoms with E-state index in [9.17, 15) is 13.2 Å². The van der Waals surface area contributed by atoms with Crippen molar-refractivity contribution in [2.24, 2.45) is 0 Å². The van der Waals surface area contributed by atoms with Crippen molar-refractivity contribution in [2.45, 2.75) is 43.1 Å². The number of benzene rings is 1. The summed E-state index contributed by atoms with van der Waals surface area (Å²) in [6.45, 7) is 0. The van der Waals surface area contributed by atoms with Gasteiger partial charge in [0, 0.05) is 10.7 Å². The third-order valence-electron chi connectivity index (χ3n) is 3.27. The zero-order valence-corrected chi connectivity index (χ0v) is 13.0. The molecule has 1 aliphatic rings. The molecule has 0 spiro atoms. The lowest BCUT2D eigenvalue weighted by molar-refractivity contribution is 0.0211. The predicted molar refractivity (Wildman–Crippen MR) is 76.8 cm³/mol. The molecule has 20 heavy (non-hydrogen) atoms. The van der Waals surface area contributed by atoms with Crippen molar-refractivity contribution in [3.63, 3.8) is 0 Å². The van der Waals surface area contributed by atoms with Gasteiger partial charge in [-0.1, -0.05) is 18.0 Å². The number of rotatable bonds is 3. The molecule has 1 aromatic rings. The van der Waals surface area contributed by atoms with E-state index in [2.05, 4.69) is 0 Å². The maximum absolute atomic E-state index is 12.1. The van der Waals surface area contributed by atoms with Crippen LogP contribution in [0, 0.1) is 0 Å². The average Bonchev–Trinajstić information content (AvgIpc) is 2.39. The van der Waals surface area contributed by atoms with Crippen LogP contribution in [0.3, 0.4) is 0 Å². The molecule has 1 aliphatic carbocycles. The van der Waals surface area contributed by atoms with Crippen LogP contribution in [0.15, 0.2) is 23.1 Å². The first kappa shape index (κ1) is 15.6. The molecule has 0 radical (unpaired) electrons. The maximum Gasteiger partial charge on any atom is 0.339 e. The Balaban J connectivity index is 2.20. The summed E-state index contributed by atoms with van der Waals surface area (Å²) in [5.41, 5.74) is 0.0268. The minimum Gasteiger partial charge on any atom is -0.459 e. The lowest BCUT2D eigenvalue weighted by Gasteiger charge is -2.22. The van der Waals surface area contributed by atoms with Crippen LogP contribution in [0.25, 0.3) is 0 Å². The quantitative estimate of drug-likeness (QED) is 0.622. The van der Waals surface area contributed by atoms with Gasteiger partial charge in [0.25, 0.3) is 9.05 Å². The number of hydrogen-bond donors (Lipinski definition) is 0. The Morgan fingerprint density at radius 1 is 1.20 bits per heavy atom. The minimum absolute atomic E-state index is 0.0268. The molecule has 1 aromatic carbocycles. The van der Waals surface area contributed by atoms with Gasteiger partial charge in [-0.25, -0.2) is 13.2 Å². The van der Waals surface area contributed by atoms with Gasteiger partial charge in [-0.05, 0) is 43.9 Å². The third kappa shape index (κ3) is 3.87. The Labute approximate surface area is 127 Å². The number of halogens is 2. The Bertz CT molecular complexity index is 607. The Kier molecular flexibility index (Phi) is 4.94. The van der Waals surface area contributed by atoms with Gasteiger partial charge < -0.3 is 4.74 Å². The van der Waals surface area contributed by atoms with Gasteiger partial charge in [-0.3, -0.25) is 0 Å². The number of carbonyl (C=O) groups is 1. The average molecular weight is 337 g/mol. The van der Waals surface area contributed by atoms with Gasteiger partial charge >= 0.3 is 5.97 Å². The van der Waals surface area contributed by atoms with Crippen LogP contribution in [-0.4, -0.2) is 20.5 Å². The van der Waals surface area contributed by atoms with Crippen molar-refractivity contribution in [2.75, 3.05) is 0 Å². The molecule has 7 heteroatoms. The predicted octanol–water partition coefficient (Wildman–Crippen LogP) is 3.76. The van der Waals surface area contributed by atoms with Crippen LogP contribution in [0.5, 0.6) is 0 Å². The monoisotopic (exact) mass is 336 g/mol. The van der Waals surface area contributed by atoms with E-state index in [0.29, 0.717) is 0 Å². The molecule has 2 rings (SSSR count). The van der Waals surface area contributed by atoms with Gasteiger partial charge in [0.1, 0.15) is 6.10 Å². The van der Waals surface area contributed by atoms with Crippen molar-refractivity contribution in [1.29, 1.82) is 0 Å². The van der Waals surface area contributed by atoms with Gasteiger partial charge in [0.2, 0.25) is 0 Å². The first-order valence-electron chi connectivity index (χ1n) is 6.33. The summed E-state index contributed by atoms with van der Waals surface area (Å²) in [7, 11) is 1.35. The summed E-state index contributed by atoms with van der Waals surface area (Å²) in [5, 5.41) is 0.148. The van der Waals surface area contributed by atoms with E-state index < -0.39 is 15.0 Å². The molecule has 1 saturated carbocycles. The zero-order valence-electron chi connectivity index (χ0n) is 10.6. The summed E-state index contributed by atoms with van der Waals surface area (Å²) < 4.78 is 27.9. The second-order valence-corrected chi connectivity index (χ2v) is 7.72. The molecular formula is C13H14Cl2O4S. The fourth-order valence-corrected chi connectivity index (χ4v) is 3.18. The Hall–Kier alpha value is -0.780. The van der Waals surface area contributed by atoms with Gasteiger partial charge in [0.05, 0.1) is 15.5 Å². The van der Waals surface area contributed by atoms with E-state index in [4.69, 9.17) is 27.0 Å². The molecule has 1 fully saturated rings. The lowest BCUT2D eigenvalue weighted by Crippen LogP contribution is -2.21. The topological polar surface area (TPSA) is 60.4 Å². The second-order valence-electron chi connectivity index (χ2n) is 4.74. The van der Waals surface area contributed by atoms with Gasteiger partial charge in [-0.2, -0.15) is 0 Å². The number of carbonyl (C=O) groups excluding carboxylic acids is 1. The molecule has 0 saturated heterocycles. The molecule has 4 nitrogen and oxygen atoms in total. The maximum atomic E-state index is 12.1. The van der Waals surface area contributed by atoms with E-state index in [0.717, 1.165) is 38.2 Å². The normalized spacial score (nSPS) is 16.9. The second kappa shape index (κ2) is 6.33. The molecule has 0 bridgehead atoms. The summed E-state index contributed by atoms with van der Waals surface area (Å²) in [4.78, 5) is 11.9. The van der Waals surface area contributed by atoms with Crippen molar-refractivity contribution >= 4 is 37.3 Å². The third-order valence-corrected chi connectivity index (χ3v) is 4.95. The van der Waals surface area contributed by atoms with E-state index in [-0.39, 0.29) is 21.6 Å². The standard InChI is InChI=1S/C13H14Cl2O4S/c14-12-7-6-10(20(15,17)18)8-11(12)13(16)19-9-4-2-1-3-5-9/h6-9H,1-5H2. The van der Waals surface area contributed by atoms with Crippen LogP contribution in [0.1, 0.15) is 42.5 Å². The van der Waals surface area contributed by atoms with Crippen LogP contribution in [0.2, 0.25) is 5.02 Å². The largest absolute Gasteiger partial charge is 0.459 e. The molecule has 0 N–H and O–H groups in total. The molecular weight excluding hydrogens is 323 g/mol. The van der Waals surface area contributed by atoms with E-state index >= 15 is 0 Å². The zero-order chi connectivity index (χ0) is 14.8. The van der Waals surface area contributed by atoms with Gasteiger partial charge in [0.15, 0.2) is 0 Å². The van der Waals surface area contributed by atoms with E-state index in [1.165, 1.54) is 12.1 Å². The summed E-state index contributed by atoms with van der Waals surface area (Å²) >= 11 is 5.92. The van der Waals surface area contributed by atoms with Crippen LogP contribution < -0.4 is 0 Å². The Morgan fingerprint density at radius 3 is 2.45 bits per heavy atom. The molecule has 0 amide bonds. The molecule has 0 unspecified atom stereocenters. The summed E-state index contributed by atoms with van der Waals surface area (Å²) in [6.07, 6.45) is 4.75. The van der Waals surface area contributed by atoms with Crippen LogP contribution in [-0.2, 0) is 13.8 Å². The fraction of sp³-hybridized carbons (Fsp3) is 0.462. The highest BCUT2D eigenvalue weighted by molar-refractivity contribution is 8.13. The number of ether oxygens (including phenoxy) is 1. The molecule has 0 atom stereocenters. The van der Waals surface area contributed by atoms with E-state index in [1.807, 2.05) is 0 Å². The van der Waals surface area contributed by atoms with Crippen molar-refractivity contribution in [3.05, 3.63) is 28.8 Å².